The Morgan fingerprint density at radius 3 is 2.68 bits per heavy atom. The number of hydrogen-bond acceptors (Lipinski definition) is 4. The summed E-state index contributed by atoms with van der Waals surface area (Å²) in [5.74, 6) is -0.182. The normalized spacial score (nSPS) is 19.2. The van der Waals surface area contributed by atoms with E-state index in [-0.39, 0.29) is 12.0 Å². The first-order valence-corrected chi connectivity index (χ1v) is 7.55. The van der Waals surface area contributed by atoms with Crippen LogP contribution in [-0.4, -0.2) is 25.3 Å². The standard InChI is InChI=1S/C15H28N2O2/c1-4-6-7-8-9-10-13-14(15(18)19-5-2)12(3)16-11-17-13/h13,16-17H,4-11H2,1-3H3. The van der Waals surface area contributed by atoms with Gasteiger partial charge in [-0.05, 0) is 20.3 Å². The summed E-state index contributed by atoms with van der Waals surface area (Å²) < 4.78 is 5.15. The van der Waals surface area contributed by atoms with E-state index in [4.69, 9.17) is 4.74 Å². The second-order valence-corrected chi connectivity index (χ2v) is 5.07. The van der Waals surface area contributed by atoms with Gasteiger partial charge in [-0.2, -0.15) is 0 Å². The molecule has 0 aliphatic carbocycles. The van der Waals surface area contributed by atoms with E-state index in [0.717, 1.165) is 30.8 Å². The van der Waals surface area contributed by atoms with E-state index in [1.807, 2.05) is 13.8 Å². The van der Waals surface area contributed by atoms with Crippen LogP contribution in [0.2, 0.25) is 0 Å². The van der Waals surface area contributed by atoms with Crippen molar-refractivity contribution in [2.45, 2.75) is 65.3 Å². The van der Waals surface area contributed by atoms with Gasteiger partial charge in [-0.25, -0.2) is 4.79 Å². The summed E-state index contributed by atoms with van der Waals surface area (Å²) in [6.07, 6.45) is 7.27. The first kappa shape index (κ1) is 16.0. The monoisotopic (exact) mass is 268 g/mol. The molecule has 0 radical (unpaired) electrons. The van der Waals surface area contributed by atoms with Crippen LogP contribution >= 0.6 is 0 Å². The van der Waals surface area contributed by atoms with Crippen LogP contribution in [0.1, 0.15) is 59.3 Å². The Morgan fingerprint density at radius 2 is 2.00 bits per heavy atom. The molecular formula is C15H28N2O2. The molecule has 0 aromatic heterocycles. The Kier molecular flexibility index (Phi) is 7.56. The van der Waals surface area contributed by atoms with Crippen molar-refractivity contribution in [3.63, 3.8) is 0 Å². The van der Waals surface area contributed by atoms with E-state index in [0.29, 0.717) is 6.61 Å². The average Bonchev–Trinajstić information content (AvgIpc) is 2.38. The number of ether oxygens (including phenoxy) is 1. The van der Waals surface area contributed by atoms with Gasteiger partial charge in [0.15, 0.2) is 0 Å². The molecule has 4 heteroatoms. The minimum absolute atomic E-state index is 0.141. The molecule has 0 aromatic rings. The van der Waals surface area contributed by atoms with Crippen molar-refractivity contribution in [3.8, 4) is 0 Å². The fourth-order valence-corrected chi connectivity index (χ4v) is 2.47. The fraction of sp³-hybridized carbons (Fsp3) is 0.800. The lowest BCUT2D eigenvalue weighted by atomic mass is 9.97. The van der Waals surface area contributed by atoms with Crippen LogP contribution < -0.4 is 10.6 Å². The summed E-state index contributed by atoms with van der Waals surface area (Å²) in [6.45, 7) is 7.18. The molecule has 0 spiro atoms. The van der Waals surface area contributed by atoms with Gasteiger partial charge in [0.25, 0.3) is 0 Å². The molecule has 1 unspecified atom stereocenters. The van der Waals surface area contributed by atoms with Crippen molar-refractivity contribution in [2.24, 2.45) is 0 Å². The third kappa shape index (κ3) is 5.23. The molecule has 1 rings (SSSR count). The lowest BCUT2D eigenvalue weighted by molar-refractivity contribution is -0.139. The average molecular weight is 268 g/mol. The maximum atomic E-state index is 12.0. The van der Waals surface area contributed by atoms with Gasteiger partial charge in [-0.3, -0.25) is 5.32 Å². The van der Waals surface area contributed by atoms with E-state index >= 15 is 0 Å². The van der Waals surface area contributed by atoms with E-state index in [9.17, 15) is 4.79 Å². The van der Waals surface area contributed by atoms with E-state index in [1.165, 1.54) is 25.7 Å². The molecule has 1 heterocycles. The predicted molar refractivity (Wildman–Crippen MR) is 77.6 cm³/mol. The van der Waals surface area contributed by atoms with Gasteiger partial charge in [0.1, 0.15) is 0 Å². The van der Waals surface area contributed by atoms with Crippen LogP contribution in [0.15, 0.2) is 11.3 Å². The highest BCUT2D eigenvalue weighted by atomic mass is 16.5. The molecule has 0 saturated heterocycles. The van der Waals surface area contributed by atoms with Gasteiger partial charge in [0.2, 0.25) is 0 Å². The Hall–Kier alpha value is -1.03. The number of hydrogen-bond donors (Lipinski definition) is 2. The lowest BCUT2D eigenvalue weighted by Gasteiger charge is -2.28. The second kappa shape index (κ2) is 8.97. The van der Waals surface area contributed by atoms with Crippen LogP contribution in [0.4, 0.5) is 0 Å². The summed E-state index contributed by atoms with van der Waals surface area (Å²) in [5.41, 5.74) is 1.74. The van der Waals surface area contributed by atoms with Crippen molar-refractivity contribution in [1.29, 1.82) is 0 Å². The molecule has 1 aliphatic rings. The number of allylic oxidation sites excluding steroid dienone is 1. The van der Waals surface area contributed by atoms with Gasteiger partial charge in [-0.15, -0.1) is 0 Å². The summed E-state index contributed by atoms with van der Waals surface area (Å²) in [5, 5.41) is 6.54. The zero-order valence-corrected chi connectivity index (χ0v) is 12.6. The SMILES string of the molecule is CCCCCCCC1NCNC(C)=C1C(=O)OCC. The molecule has 110 valence electrons. The molecular weight excluding hydrogens is 240 g/mol. The minimum atomic E-state index is -0.182. The number of nitrogens with one attached hydrogen (secondary N) is 2. The Bertz CT molecular complexity index is 313. The number of carbonyl (C=O) groups excluding carboxylic acids is 1. The summed E-state index contributed by atoms with van der Waals surface area (Å²) in [4.78, 5) is 12.0. The highest BCUT2D eigenvalue weighted by molar-refractivity contribution is 5.90. The summed E-state index contributed by atoms with van der Waals surface area (Å²) in [6, 6.07) is 0.141. The third-order valence-corrected chi connectivity index (χ3v) is 3.55. The lowest BCUT2D eigenvalue weighted by Crippen LogP contribution is -2.46. The zero-order chi connectivity index (χ0) is 14.1. The van der Waals surface area contributed by atoms with Crippen molar-refractivity contribution in [3.05, 3.63) is 11.3 Å². The molecule has 0 fully saturated rings. The Balaban J connectivity index is 2.49. The van der Waals surface area contributed by atoms with Crippen LogP contribution in [0, 0.1) is 0 Å². The molecule has 2 N–H and O–H groups in total. The van der Waals surface area contributed by atoms with Gasteiger partial charge in [0.05, 0.1) is 18.8 Å². The van der Waals surface area contributed by atoms with Crippen LogP contribution in [-0.2, 0) is 9.53 Å². The maximum Gasteiger partial charge on any atom is 0.337 e. The smallest absolute Gasteiger partial charge is 0.337 e. The van der Waals surface area contributed by atoms with E-state index < -0.39 is 0 Å². The number of carbonyl (C=O) groups is 1. The number of unbranched alkanes of at least 4 members (excludes halogenated alkanes) is 4. The zero-order valence-electron chi connectivity index (χ0n) is 12.6. The van der Waals surface area contributed by atoms with Gasteiger partial charge < -0.3 is 10.1 Å². The van der Waals surface area contributed by atoms with Crippen molar-refractivity contribution >= 4 is 5.97 Å². The van der Waals surface area contributed by atoms with E-state index in [1.54, 1.807) is 0 Å². The van der Waals surface area contributed by atoms with Crippen molar-refractivity contribution in [1.82, 2.24) is 10.6 Å². The molecule has 1 aliphatic heterocycles. The van der Waals surface area contributed by atoms with Crippen molar-refractivity contribution in [2.75, 3.05) is 13.3 Å². The summed E-state index contributed by atoms with van der Waals surface area (Å²) >= 11 is 0. The van der Waals surface area contributed by atoms with Crippen LogP contribution in [0.5, 0.6) is 0 Å². The highest BCUT2D eigenvalue weighted by Gasteiger charge is 2.26. The molecule has 1 atom stereocenters. The van der Waals surface area contributed by atoms with Gasteiger partial charge >= 0.3 is 5.97 Å². The number of esters is 1. The molecule has 0 aromatic carbocycles. The van der Waals surface area contributed by atoms with Crippen LogP contribution in [0.3, 0.4) is 0 Å². The first-order valence-electron chi connectivity index (χ1n) is 7.55. The molecule has 4 nitrogen and oxygen atoms in total. The summed E-state index contributed by atoms with van der Waals surface area (Å²) in [7, 11) is 0. The Morgan fingerprint density at radius 1 is 1.26 bits per heavy atom. The molecule has 0 bridgehead atoms. The van der Waals surface area contributed by atoms with Crippen molar-refractivity contribution < 1.29 is 9.53 Å². The van der Waals surface area contributed by atoms with Gasteiger partial charge in [0, 0.05) is 11.7 Å². The largest absolute Gasteiger partial charge is 0.463 e. The molecule has 0 amide bonds. The minimum Gasteiger partial charge on any atom is -0.463 e. The fourth-order valence-electron chi connectivity index (χ4n) is 2.47. The topological polar surface area (TPSA) is 50.4 Å². The van der Waals surface area contributed by atoms with Gasteiger partial charge in [-0.1, -0.05) is 39.0 Å². The molecule has 0 saturated carbocycles. The Labute approximate surface area is 117 Å². The second-order valence-electron chi connectivity index (χ2n) is 5.07. The highest BCUT2D eigenvalue weighted by Crippen LogP contribution is 2.18. The molecule has 19 heavy (non-hydrogen) atoms. The third-order valence-electron chi connectivity index (χ3n) is 3.55. The quantitative estimate of drug-likeness (QED) is 0.525. The van der Waals surface area contributed by atoms with E-state index in [2.05, 4.69) is 17.6 Å². The number of rotatable bonds is 8. The maximum absolute atomic E-state index is 12.0. The van der Waals surface area contributed by atoms with Crippen LogP contribution in [0.25, 0.3) is 0 Å². The predicted octanol–water partition coefficient (Wildman–Crippen LogP) is 2.70. The first-order chi connectivity index (χ1) is 9.20.